The number of para-hydroxylation sites is 2. The second-order valence-corrected chi connectivity index (χ2v) is 9.57. The molecule has 2 heterocycles. The Bertz CT molecular complexity index is 1530. The Balaban J connectivity index is 1.63. The molecule has 0 N–H and O–H groups in total. The number of rotatable bonds is 7. The van der Waals surface area contributed by atoms with Crippen LogP contribution in [0.5, 0.6) is 11.5 Å². The van der Waals surface area contributed by atoms with Gasteiger partial charge >= 0.3 is 0 Å². The van der Waals surface area contributed by atoms with E-state index < -0.39 is 17.8 Å². The van der Waals surface area contributed by atoms with E-state index in [1.54, 1.807) is 31.3 Å². The fraction of sp³-hybridized carbons (Fsp3) is 0.226. The highest BCUT2D eigenvalue weighted by Gasteiger charge is 2.39. The summed E-state index contributed by atoms with van der Waals surface area (Å²) in [6.07, 6.45) is 1.96. The van der Waals surface area contributed by atoms with Crippen LogP contribution in [0.1, 0.15) is 41.5 Å². The van der Waals surface area contributed by atoms with Gasteiger partial charge in [-0.3, -0.25) is 14.5 Å². The number of methoxy groups -OCH3 is 2. The molecule has 2 amide bonds. The number of nitrogens with zero attached hydrogens (tertiary/aromatic N) is 3. The van der Waals surface area contributed by atoms with E-state index >= 15 is 0 Å². The minimum Gasteiger partial charge on any atom is -0.497 e. The van der Waals surface area contributed by atoms with E-state index in [9.17, 15) is 14.0 Å². The highest BCUT2D eigenvalue weighted by molar-refractivity contribution is 6.03. The van der Waals surface area contributed by atoms with Crippen molar-refractivity contribution in [3.8, 4) is 17.2 Å². The number of ether oxygens (including phenoxy) is 2. The molecule has 0 saturated carbocycles. The van der Waals surface area contributed by atoms with Crippen molar-refractivity contribution in [2.24, 2.45) is 0 Å². The van der Waals surface area contributed by atoms with Gasteiger partial charge in [0.15, 0.2) is 0 Å². The first-order valence-corrected chi connectivity index (χ1v) is 12.7. The summed E-state index contributed by atoms with van der Waals surface area (Å²) in [5.41, 5.74) is 3.03. The minimum absolute atomic E-state index is 0.0714. The predicted molar refractivity (Wildman–Crippen MR) is 147 cm³/mol. The number of carbonyl (C=O) groups excluding carboxylic acids is 2. The summed E-state index contributed by atoms with van der Waals surface area (Å²) >= 11 is 0. The standard InChI is InChI=1S/C31H30FN3O4/c1-20(2)34(31(37)22-10-5-6-11-24(22)32)19-29(36)35-26-13-8-7-12-25(26)33-17-9-14-27(33)30(35)23-18-21(38-3)15-16-28(23)39-4/h5-18,20,30H,19H2,1-4H3. The molecule has 0 radical (unpaired) electrons. The summed E-state index contributed by atoms with van der Waals surface area (Å²) in [5, 5.41) is 0. The first-order chi connectivity index (χ1) is 18.8. The summed E-state index contributed by atoms with van der Waals surface area (Å²) in [6.45, 7) is 3.37. The van der Waals surface area contributed by atoms with Crippen molar-refractivity contribution < 1.29 is 23.5 Å². The van der Waals surface area contributed by atoms with Crippen LogP contribution in [0, 0.1) is 5.82 Å². The van der Waals surface area contributed by atoms with E-state index in [4.69, 9.17) is 9.47 Å². The number of benzene rings is 3. The van der Waals surface area contributed by atoms with Crippen LogP contribution in [0.3, 0.4) is 0 Å². The van der Waals surface area contributed by atoms with Crippen molar-refractivity contribution in [2.75, 3.05) is 25.7 Å². The summed E-state index contributed by atoms with van der Waals surface area (Å²) in [6, 6.07) is 21.9. The van der Waals surface area contributed by atoms with Gasteiger partial charge in [0, 0.05) is 17.8 Å². The SMILES string of the molecule is COc1ccc(OC)c(C2c3cccn3-c3ccccc3N2C(=O)CN(C(=O)c2ccccc2F)C(C)C)c1. The lowest BCUT2D eigenvalue weighted by Gasteiger charge is -2.40. The van der Waals surface area contributed by atoms with Crippen LogP contribution in [0.4, 0.5) is 10.1 Å². The number of halogens is 1. The molecule has 0 bridgehead atoms. The lowest BCUT2D eigenvalue weighted by molar-refractivity contribution is -0.120. The Morgan fingerprint density at radius 3 is 2.33 bits per heavy atom. The zero-order valence-corrected chi connectivity index (χ0v) is 22.3. The Labute approximate surface area is 227 Å². The van der Waals surface area contributed by atoms with Crippen LogP contribution in [0.15, 0.2) is 85.1 Å². The highest BCUT2D eigenvalue weighted by Crippen LogP contribution is 2.45. The lowest BCUT2D eigenvalue weighted by Crippen LogP contribution is -2.48. The van der Waals surface area contributed by atoms with Crippen molar-refractivity contribution in [1.29, 1.82) is 0 Å². The van der Waals surface area contributed by atoms with Gasteiger partial charge in [-0.1, -0.05) is 24.3 Å². The Kier molecular flexibility index (Phi) is 7.11. The number of hydrogen-bond donors (Lipinski definition) is 0. The summed E-state index contributed by atoms with van der Waals surface area (Å²) < 4.78 is 27.8. The number of hydrogen-bond acceptors (Lipinski definition) is 4. The first-order valence-electron chi connectivity index (χ1n) is 12.7. The molecule has 7 nitrogen and oxygen atoms in total. The molecule has 0 saturated heterocycles. The normalized spacial score (nSPS) is 14.0. The van der Waals surface area contributed by atoms with E-state index in [2.05, 4.69) is 0 Å². The fourth-order valence-corrected chi connectivity index (χ4v) is 5.11. The molecule has 1 aromatic heterocycles. The van der Waals surface area contributed by atoms with Gasteiger partial charge in [-0.15, -0.1) is 0 Å². The van der Waals surface area contributed by atoms with Crippen molar-refractivity contribution >= 4 is 17.5 Å². The van der Waals surface area contributed by atoms with Crippen molar-refractivity contribution in [3.63, 3.8) is 0 Å². The highest BCUT2D eigenvalue weighted by atomic mass is 19.1. The van der Waals surface area contributed by atoms with Gasteiger partial charge in [-0.05, 0) is 68.4 Å². The maximum absolute atomic E-state index is 14.5. The molecule has 8 heteroatoms. The van der Waals surface area contributed by atoms with Gasteiger partial charge in [0.2, 0.25) is 5.91 Å². The molecule has 1 aliphatic rings. The van der Waals surface area contributed by atoms with Crippen molar-refractivity contribution in [2.45, 2.75) is 25.9 Å². The molecule has 5 rings (SSSR count). The lowest BCUT2D eigenvalue weighted by atomic mass is 9.96. The molecule has 3 aromatic carbocycles. The third-order valence-electron chi connectivity index (χ3n) is 7.01. The van der Waals surface area contributed by atoms with Gasteiger partial charge in [0.1, 0.15) is 29.9 Å². The van der Waals surface area contributed by atoms with Crippen LogP contribution >= 0.6 is 0 Å². The number of anilines is 1. The number of fused-ring (bicyclic) bond motifs is 3. The minimum atomic E-state index is -0.624. The smallest absolute Gasteiger partial charge is 0.257 e. The molecule has 1 atom stereocenters. The Hall–Kier alpha value is -4.59. The van der Waals surface area contributed by atoms with Crippen LogP contribution in [-0.2, 0) is 4.79 Å². The zero-order chi connectivity index (χ0) is 27.7. The molecular weight excluding hydrogens is 497 g/mol. The Morgan fingerprint density at radius 1 is 0.923 bits per heavy atom. The number of aromatic nitrogens is 1. The summed E-state index contributed by atoms with van der Waals surface area (Å²) in [4.78, 5) is 30.9. The average Bonchev–Trinajstić information content (AvgIpc) is 3.44. The monoisotopic (exact) mass is 527 g/mol. The molecular formula is C31H30FN3O4. The maximum Gasteiger partial charge on any atom is 0.257 e. The van der Waals surface area contributed by atoms with E-state index in [0.717, 1.165) is 16.9 Å². The molecule has 200 valence electrons. The quantitative estimate of drug-likeness (QED) is 0.313. The zero-order valence-electron chi connectivity index (χ0n) is 22.3. The van der Waals surface area contributed by atoms with Gasteiger partial charge in [-0.25, -0.2) is 4.39 Å². The van der Waals surface area contributed by atoms with Crippen molar-refractivity contribution in [3.05, 3.63) is 108 Å². The molecule has 0 fully saturated rings. The van der Waals surface area contributed by atoms with Gasteiger partial charge in [0.25, 0.3) is 5.91 Å². The molecule has 39 heavy (non-hydrogen) atoms. The van der Waals surface area contributed by atoms with Crippen LogP contribution in [0.2, 0.25) is 0 Å². The second kappa shape index (κ2) is 10.6. The molecule has 1 unspecified atom stereocenters. The molecule has 1 aliphatic heterocycles. The number of carbonyl (C=O) groups is 2. The van der Waals surface area contributed by atoms with Crippen molar-refractivity contribution in [1.82, 2.24) is 9.47 Å². The predicted octanol–water partition coefficient (Wildman–Crippen LogP) is 5.62. The topological polar surface area (TPSA) is 64.0 Å². The third-order valence-corrected chi connectivity index (χ3v) is 7.01. The Morgan fingerprint density at radius 2 is 1.64 bits per heavy atom. The average molecular weight is 528 g/mol. The summed E-state index contributed by atoms with van der Waals surface area (Å²) in [7, 11) is 3.17. The van der Waals surface area contributed by atoms with Gasteiger partial charge < -0.3 is 18.9 Å². The summed E-state index contributed by atoms with van der Waals surface area (Å²) in [5.74, 6) is -0.271. The van der Waals surface area contributed by atoms with Crippen LogP contribution in [-0.4, -0.2) is 48.1 Å². The molecule has 0 aliphatic carbocycles. The number of amides is 2. The van der Waals surface area contributed by atoms with Gasteiger partial charge in [0.05, 0.1) is 36.9 Å². The van der Waals surface area contributed by atoms with E-state index in [-0.39, 0.29) is 24.1 Å². The van der Waals surface area contributed by atoms with Crippen LogP contribution in [0.25, 0.3) is 5.69 Å². The van der Waals surface area contributed by atoms with Crippen LogP contribution < -0.4 is 14.4 Å². The van der Waals surface area contributed by atoms with Gasteiger partial charge in [-0.2, -0.15) is 0 Å². The van der Waals surface area contributed by atoms with E-state index in [1.807, 2.05) is 73.1 Å². The molecule has 0 spiro atoms. The van der Waals surface area contributed by atoms with E-state index in [1.165, 1.54) is 23.1 Å². The first kappa shape index (κ1) is 26.0. The van der Waals surface area contributed by atoms with E-state index in [0.29, 0.717) is 17.2 Å². The second-order valence-electron chi connectivity index (χ2n) is 9.57. The fourth-order valence-electron chi connectivity index (χ4n) is 5.11. The molecule has 4 aromatic rings. The largest absolute Gasteiger partial charge is 0.497 e. The third kappa shape index (κ3) is 4.63. The maximum atomic E-state index is 14.5.